The third kappa shape index (κ3) is 3.50. The SMILES string of the molecule is CCCc1ccc(-c2c(C(=O)OCC)[nH]c3c(/C(C)=N\N)cccc23)cc1F. The monoisotopic (exact) mass is 381 g/mol. The molecule has 5 nitrogen and oxygen atoms in total. The first kappa shape index (κ1) is 19.6. The molecule has 0 saturated heterocycles. The van der Waals surface area contributed by atoms with Crippen LogP contribution in [0.3, 0.4) is 0 Å². The molecule has 2 aromatic carbocycles. The van der Waals surface area contributed by atoms with Crippen LogP contribution in [0.4, 0.5) is 4.39 Å². The number of para-hydroxylation sites is 1. The highest BCUT2D eigenvalue weighted by atomic mass is 19.1. The van der Waals surface area contributed by atoms with Gasteiger partial charge in [-0.1, -0.05) is 43.7 Å². The van der Waals surface area contributed by atoms with Crippen LogP contribution < -0.4 is 5.84 Å². The molecule has 0 aliphatic heterocycles. The predicted octanol–water partition coefficient (Wildman–Crippen LogP) is 4.79. The minimum absolute atomic E-state index is 0.244. The largest absolute Gasteiger partial charge is 0.461 e. The van der Waals surface area contributed by atoms with Crippen molar-refractivity contribution in [2.75, 3.05) is 6.61 Å². The van der Waals surface area contributed by atoms with Gasteiger partial charge in [0, 0.05) is 16.5 Å². The molecule has 0 amide bonds. The molecule has 3 N–H and O–H groups in total. The van der Waals surface area contributed by atoms with Crippen molar-refractivity contribution < 1.29 is 13.9 Å². The zero-order valence-electron chi connectivity index (χ0n) is 16.3. The average Bonchev–Trinajstić information content (AvgIpc) is 3.09. The molecule has 0 bridgehead atoms. The Labute approximate surface area is 163 Å². The van der Waals surface area contributed by atoms with Crippen molar-refractivity contribution in [3.63, 3.8) is 0 Å². The van der Waals surface area contributed by atoms with E-state index in [1.165, 1.54) is 6.07 Å². The van der Waals surface area contributed by atoms with Crippen LogP contribution in [0.1, 0.15) is 48.8 Å². The molecular formula is C22H24FN3O2. The molecule has 0 aliphatic rings. The summed E-state index contributed by atoms with van der Waals surface area (Å²) in [5.41, 5.74) is 4.30. The Morgan fingerprint density at radius 2 is 2.04 bits per heavy atom. The molecule has 28 heavy (non-hydrogen) atoms. The van der Waals surface area contributed by atoms with Gasteiger partial charge in [0.25, 0.3) is 0 Å². The second-order valence-corrected chi connectivity index (χ2v) is 6.59. The van der Waals surface area contributed by atoms with Crippen LogP contribution in [0.2, 0.25) is 0 Å². The number of carbonyl (C=O) groups is 1. The van der Waals surface area contributed by atoms with Crippen molar-refractivity contribution in [2.24, 2.45) is 10.9 Å². The molecule has 3 rings (SSSR count). The first-order chi connectivity index (χ1) is 13.5. The van der Waals surface area contributed by atoms with Crippen LogP contribution in [-0.4, -0.2) is 23.3 Å². The van der Waals surface area contributed by atoms with E-state index in [0.717, 1.165) is 17.4 Å². The van der Waals surface area contributed by atoms with Gasteiger partial charge in [0.15, 0.2) is 0 Å². The average molecular weight is 381 g/mol. The van der Waals surface area contributed by atoms with Crippen molar-refractivity contribution >= 4 is 22.6 Å². The molecule has 3 aromatic rings. The number of H-pyrrole nitrogens is 1. The van der Waals surface area contributed by atoms with Crippen molar-refractivity contribution in [3.8, 4) is 11.1 Å². The molecular weight excluding hydrogens is 357 g/mol. The number of carbonyl (C=O) groups excluding carboxylic acids is 1. The van der Waals surface area contributed by atoms with E-state index in [1.54, 1.807) is 19.9 Å². The summed E-state index contributed by atoms with van der Waals surface area (Å²) < 4.78 is 19.8. The maximum absolute atomic E-state index is 14.6. The third-order valence-electron chi connectivity index (χ3n) is 4.76. The zero-order chi connectivity index (χ0) is 20.3. The van der Waals surface area contributed by atoms with Gasteiger partial charge in [-0.05, 0) is 37.5 Å². The second-order valence-electron chi connectivity index (χ2n) is 6.59. The zero-order valence-corrected chi connectivity index (χ0v) is 16.3. The number of hydrogen-bond acceptors (Lipinski definition) is 4. The van der Waals surface area contributed by atoms with Gasteiger partial charge in [-0.3, -0.25) is 0 Å². The van der Waals surface area contributed by atoms with E-state index < -0.39 is 5.97 Å². The van der Waals surface area contributed by atoms with Crippen LogP contribution in [0.5, 0.6) is 0 Å². The van der Waals surface area contributed by atoms with Crippen molar-refractivity contribution in [2.45, 2.75) is 33.6 Å². The summed E-state index contributed by atoms with van der Waals surface area (Å²) in [6.45, 7) is 5.79. The second kappa shape index (κ2) is 8.25. The van der Waals surface area contributed by atoms with Gasteiger partial charge in [0.2, 0.25) is 0 Å². The summed E-state index contributed by atoms with van der Waals surface area (Å²) in [6, 6.07) is 10.7. The number of aromatic amines is 1. The fraction of sp³-hybridized carbons (Fsp3) is 0.273. The van der Waals surface area contributed by atoms with Crippen molar-refractivity contribution in [1.29, 1.82) is 0 Å². The molecule has 146 valence electrons. The Balaban J connectivity index is 2.29. The summed E-state index contributed by atoms with van der Waals surface area (Å²) in [5.74, 6) is 4.69. The lowest BCUT2D eigenvalue weighted by Crippen LogP contribution is -2.06. The third-order valence-corrected chi connectivity index (χ3v) is 4.76. The fourth-order valence-corrected chi connectivity index (χ4v) is 3.42. The van der Waals surface area contributed by atoms with E-state index in [4.69, 9.17) is 10.6 Å². The molecule has 1 aromatic heterocycles. The Morgan fingerprint density at radius 1 is 1.25 bits per heavy atom. The maximum atomic E-state index is 14.6. The standard InChI is InChI=1S/C22H24FN3O2/c1-4-7-14-10-11-15(12-18(14)23)19-17-9-6-8-16(13(3)26-24)20(17)25-21(19)22(27)28-5-2/h6,8-12,25H,4-5,7,24H2,1-3H3/b26-13-. The van der Waals surface area contributed by atoms with Gasteiger partial charge >= 0.3 is 5.97 Å². The van der Waals surface area contributed by atoms with Gasteiger partial charge in [0.1, 0.15) is 11.5 Å². The lowest BCUT2D eigenvalue weighted by molar-refractivity contribution is 0.0521. The molecule has 1 heterocycles. The summed E-state index contributed by atoms with van der Waals surface area (Å²) in [4.78, 5) is 15.8. The number of ether oxygens (including phenoxy) is 1. The lowest BCUT2D eigenvalue weighted by Gasteiger charge is -2.08. The number of nitrogens with one attached hydrogen (secondary N) is 1. The number of nitrogens with two attached hydrogens (primary N) is 1. The fourth-order valence-electron chi connectivity index (χ4n) is 3.42. The lowest BCUT2D eigenvalue weighted by atomic mass is 9.97. The first-order valence-electron chi connectivity index (χ1n) is 9.37. The van der Waals surface area contributed by atoms with E-state index in [2.05, 4.69) is 10.1 Å². The Kier molecular flexibility index (Phi) is 5.78. The molecule has 6 heteroatoms. The number of esters is 1. The van der Waals surface area contributed by atoms with Crippen LogP contribution >= 0.6 is 0 Å². The molecule has 0 radical (unpaired) electrons. The van der Waals surface area contributed by atoms with Crippen molar-refractivity contribution in [3.05, 3.63) is 59.0 Å². The van der Waals surface area contributed by atoms with Crippen LogP contribution in [0, 0.1) is 5.82 Å². The normalized spacial score (nSPS) is 11.8. The molecule has 0 fully saturated rings. The summed E-state index contributed by atoms with van der Waals surface area (Å²) in [6.07, 6.45) is 1.53. The number of aryl methyl sites for hydroxylation is 1. The molecule has 0 aliphatic carbocycles. The van der Waals surface area contributed by atoms with Crippen LogP contribution in [0.15, 0.2) is 41.5 Å². The summed E-state index contributed by atoms with van der Waals surface area (Å²) in [7, 11) is 0. The highest BCUT2D eigenvalue weighted by Crippen LogP contribution is 2.35. The summed E-state index contributed by atoms with van der Waals surface area (Å²) >= 11 is 0. The van der Waals surface area contributed by atoms with Gasteiger partial charge in [0.05, 0.1) is 17.8 Å². The molecule has 0 atom stereocenters. The van der Waals surface area contributed by atoms with Crippen LogP contribution in [0.25, 0.3) is 22.0 Å². The number of nitrogens with zero attached hydrogens (tertiary/aromatic N) is 1. The van der Waals surface area contributed by atoms with Gasteiger partial charge in [-0.15, -0.1) is 0 Å². The number of hydrazone groups is 1. The highest BCUT2D eigenvalue weighted by Gasteiger charge is 2.22. The quantitative estimate of drug-likeness (QED) is 0.279. The molecule has 0 saturated carbocycles. The van der Waals surface area contributed by atoms with Gasteiger partial charge in [-0.25, -0.2) is 9.18 Å². The number of fused-ring (bicyclic) bond motifs is 1. The van der Waals surface area contributed by atoms with Crippen LogP contribution in [-0.2, 0) is 11.2 Å². The number of rotatable bonds is 6. The summed E-state index contributed by atoms with van der Waals surface area (Å²) in [5, 5.41) is 4.55. The number of halogens is 1. The van der Waals surface area contributed by atoms with Crippen molar-refractivity contribution in [1.82, 2.24) is 4.98 Å². The molecule has 0 unspecified atom stereocenters. The first-order valence-corrected chi connectivity index (χ1v) is 9.37. The minimum Gasteiger partial charge on any atom is -0.461 e. The van der Waals surface area contributed by atoms with E-state index in [0.29, 0.717) is 34.3 Å². The predicted molar refractivity (Wildman–Crippen MR) is 110 cm³/mol. The van der Waals surface area contributed by atoms with Gasteiger partial charge < -0.3 is 15.6 Å². The van der Waals surface area contributed by atoms with E-state index in [1.807, 2.05) is 31.2 Å². The van der Waals surface area contributed by atoms with E-state index in [9.17, 15) is 9.18 Å². The molecule has 0 spiro atoms. The maximum Gasteiger partial charge on any atom is 0.355 e. The Bertz CT molecular complexity index is 1050. The Morgan fingerprint density at radius 3 is 2.68 bits per heavy atom. The smallest absolute Gasteiger partial charge is 0.355 e. The highest BCUT2D eigenvalue weighted by molar-refractivity contribution is 6.15. The topological polar surface area (TPSA) is 80.5 Å². The van der Waals surface area contributed by atoms with E-state index in [-0.39, 0.29) is 18.1 Å². The number of hydrogen-bond donors (Lipinski definition) is 2. The number of aromatic nitrogens is 1. The number of benzene rings is 2. The van der Waals surface area contributed by atoms with E-state index >= 15 is 0 Å². The van der Waals surface area contributed by atoms with Gasteiger partial charge in [-0.2, -0.15) is 5.10 Å². The Hall–Kier alpha value is -3.15. The minimum atomic E-state index is -0.486.